The van der Waals surface area contributed by atoms with Gasteiger partial charge in [-0.1, -0.05) is 0 Å². The highest BCUT2D eigenvalue weighted by atomic mass is 32.1. The maximum atomic E-state index is 11.7. The molecule has 0 N–H and O–H groups in total. The minimum Gasteiger partial charge on any atom is -0.381 e. The fourth-order valence-electron chi connectivity index (χ4n) is 1.01. The van der Waals surface area contributed by atoms with Crippen molar-refractivity contribution in [3.63, 3.8) is 0 Å². The number of thiophene rings is 1. The van der Waals surface area contributed by atoms with Crippen LogP contribution in [0.5, 0.6) is 0 Å². The monoisotopic (exact) mass is 209 g/mol. The van der Waals surface area contributed by atoms with Crippen LogP contribution < -0.4 is 0 Å². The standard InChI is InChI=1S/C11H15NOS/c1-8-5-6-14-11(8)10(13)7-9(2)12(3)4/h5-7H,1-4H3/b9-7+. The third-order valence-corrected chi connectivity index (χ3v) is 3.16. The predicted octanol–water partition coefficient (Wildman–Crippen LogP) is 2.70. The van der Waals surface area contributed by atoms with Gasteiger partial charge in [0.15, 0.2) is 5.78 Å². The Bertz CT molecular complexity index is 363. The highest BCUT2D eigenvalue weighted by molar-refractivity contribution is 7.12. The van der Waals surface area contributed by atoms with Gasteiger partial charge in [-0.3, -0.25) is 4.79 Å². The normalized spacial score (nSPS) is 11.6. The van der Waals surface area contributed by atoms with Crippen molar-refractivity contribution in [3.8, 4) is 0 Å². The zero-order chi connectivity index (χ0) is 10.7. The van der Waals surface area contributed by atoms with E-state index in [0.29, 0.717) is 0 Å². The SMILES string of the molecule is C/C(=C\C(=O)c1sccc1C)N(C)C. The summed E-state index contributed by atoms with van der Waals surface area (Å²) in [6.45, 7) is 3.89. The topological polar surface area (TPSA) is 20.3 Å². The van der Waals surface area contributed by atoms with E-state index < -0.39 is 0 Å². The number of rotatable bonds is 3. The average Bonchev–Trinajstić information content (AvgIpc) is 2.51. The first-order valence-electron chi connectivity index (χ1n) is 4.46. The van der Waals surface area contributed by atoms with Gasteiger partial charge in [-0.2, -0.15) is 0 Å². The molecule has 0 unspecified atom stereocenters. The molecule has 0 aromatic carbocycles. The molecule has 1 aromatic rings. The molecule has 0 spiro atoms. The first kappa shape index (κ1) is 11.0. The summed E-state index contributed by atoms with van der Waals surface area (Å²) in [5, 5.41) is 1.95. The van der Waals surface area contributed by atoms with E-state index in [1.807, 2.05) is 44.3 Å². The summed E-state index contributed by atoms with van der Waals surface area (Å²) in [4.78, 5) is 14.5. The van der Waals surface area contributed by atoms with Crippen LogP contribution in [0.4, 0.5) is 0 Å². The number of aryl methyl sites for hydroxylation is 1. The lowest BCUT2D eigenvalue weighted by atomic mass is 10.2. The smallest absolute Gasteiger partial charge is 0.197 e. The van der Waals surface area contributed by atoms with Crippen molar-refractivity contribution in [2.75, 3.05) is 14.1 Å². The minimum atomic E-state index is 0.101. The lowest BCUT2D eigenvalue weighted by Crippen LogP contribution is -2.10. The molecule has 0 aliphatic heterocycles. The quantitative estimate of drug-likeness (QED) is 0.563. The van der Waals surface area contributed by atoms with Crippen molar-refractivity contribution in [3.05, 3.63) is 33.7 Å². The third-order valence-electron chi connectivity index (χ3n) is 2.13. The molecule has 0 aliphatic carbocycles. The molecule has 1 aromatic heterocycles. The summed E-state index contributed by atoms with van der Waals surface area (Å²) in [6, 6.07) is 1.97. The Morgan fingerprint density at radius 2 is 2.14 bits per heavy atom. The summed E-state index contributed by atoms with van der Waals surface area (Å²) in [5.41, 5.74) is 2.03. The van der Waals surface area contributed by atoms with E-state index in [4.69, 9.17) is 0 Å². The molecule has 0 amide bonds. The van der Waals surface area contributed by atoms with Gasteiger partial charge in [-0.25, -0.2) is 0 Å². The molecule has 0 bridgehead atoms. The third kappa shape index (κ3) is 2.45. The Labute approximate surface area is 88.9 Å². The highest BCUT2D eigenvalue weighted by Crippen LogP contribution is 2.17. The summed E-state index contributed by atoms with van der Waals surface area (Å²) >= 11 is 1.50. The molecule has 0 atom stereocenters. The van der Waals surface area contributed by atoms with Crippen LogP contribution in [0.3, 0.4) is 0 Å². The van der Waals surface area contributed by atoms with Crippen LogP contribution in [-0.4, -0.2) is 24.8 Å². The van der Waals surface area contributed by atoms with Crippen molar-refractivity contribution in [1.82, 2.24) is 4.90 Å². The molecule has 0 saturated heterocycles. The van der Waals surface area contributed by atoms with Crippen LogP contribution >= 0.6 is 11.3 Å². The van der Waals surface area contributed by atoms with Crippen LogP contribution in [0.25, 0.3) is 0 Å². The molecule has 76 valence electrons. The molecule has 0 radical (unpaired) electrons. The number of nitrogens with zero attached hydrogens (tertiary/aromatic N) is 1. The zero-order valence-electron chi connectivity index (χ0n) is 9.00. The first-order chi connectivity index (χ1) is 6.52. The fraction of sp³-hybridized carbons (Fsp3) is 0.364. The Morgan fingerprint density at radius 3 is 2.57 bits per heavy atom. The number of hydrogen-bond donors (Lipinski definition) is 0. The van der Waals surface area contributed by atoms with Crippen molar-refractivity contribution >= 4 is 17.1 Å². The molecule has 3 heteroatoms. The second-order valence-electron chi connectivity index (χ2n) is 3.48. The summed E-state index contributed by atoms with van der Waals surface area (Å²) in [5.74, 6) is 0.101. The molecule has 1 rings (SSSR count). The van der Waals surface area contributed by atoms with E-state index in [-0.39, 0.29) is 5.78 Å². The second-order valence-corrected chi connectivity index (χ2v) is 4.39. The number of carbonyl (C=O) groups excluding carboxylic acids is 1. The van der Waals surface area contributed by atoms with Gasteiger partial charge in [0, 0.05) is 25.9 Å². The van der Waals surface area contributed by atoms with Gasteiger partial charge < -0.3 is 4.90 Å². The fourth-order valence-corrected chi connectivity index (χ4v) is 1.85. The lowest BCUT2D eigenvalue weighted by molar-refractivity contribution is 0.104. The Balaban J connectivity index is 2.88. The van der Waals surface area contributed by atoms with Gasteiger partial charge in [0.05, 0.1) is 4.88 Å². The number of allylic oxidation sites excluding steroid dienone is 2. The maximum absolute atomic E-state index is 11.7. The lowest BCUT2D eigenvalue weighted by Gasteiger charge is -2.11. The number of ketones is 1. The van der Waals surface area contributed by atoms with E-state index in [9.17, 15) is 4.79 Å². The van der Waals surface area contributed by atoms with E-state index in [0.717, 1.165) is 16.1 Å². The molecule has 1 heterocycles. The van der Waals surface area contributed by atoms with Gasteiger partial charge in [0.1, 0.15) is 0 Å². The van der Waals surface area contributed by atoms with Crippen LogP contribution in [-0.2, 0) is 0 Å². The highest BCUT2D eigenvalue weighted by Gasteiger charge is 2.08. The van der Waals surface area contributed by atoms with Gasteiger partial charge in [-0.05, 0) is 30.9 Å². The van der Waals surface area contributed by atoms with Crippen molar-refractivity contribution in [2.45, 2.75) is 13.8 Å². The second kappa shape index (κ2) is 4.42. The molecular weight excluding hydrogens is 194 g/mol. The molecule has 0 saturated carbocycles. The minimum absolute atomic E-state index is 0.101. The zero-order valence-corrected chi connectivity index (χ0v) is 9.81. The molecule has 0 fully saturated rings. The summed E-state index contributed by atoms with van der Waals surface area (Å²) in [7, 11) is 3.86. The van der Waals surface area contributed by atoms with Crippen LogP contribution in [0.15, 0.2) is 23.2 Å². The van der Waals surface area contributed by atoms with Gasteiger partial charge in [-0.15, -0.1) is 11.3 Å². The van der Waals surface area contributed by atoms with Crippen LogP contribution in [0.1, 0.15) is 22.2 Å². The van der Waals surface area contributed by atoms with E-state index >= 15 is 0 Å². The Kier molecular flexibility index (Phi) is 3.47. The van der Waals surface area contributed by atoms with Crippen molar-refractivity contribution in [2.24, 2.45) is 0 Å². The van der Waals surface area contributed by atoms with Gasteiger partial charge >= 0.3 is 0 Å². The molecule has 0 aliphatic rings. The Hall–Kier alpha value is -1.09. The van der Waals surface area contributed by atoms with Crippen molar-refractivity contribution < 1.29 is 4.79 Å². The van der Waals surface area contributed by atoms with E-state index in [2.05, 4.69) is 0 Å². The van der Waals surface area contributed by atoms with Gasteiger partial charge in [0.25, 0.3) is 0 Å². The molecular formula is C11H15NOS. The molecule has 2 nitrogen and oxygen atoms in total. The number of carbonyl (C=O) groups is 1. The maximum Gasteiger partial charge on any atom is 0.197 e. The predicted molar refractivity (Wildman–Crippen MR) is 60.8 cm³/mol. The van der Waals surface area contributed by atoms with Crippen LogP contribution in [0, 0.1) is 6.92 Å². The first-order valence-corrected chi connectivity index (χ1v) is 5.34. The van der Waals surface area contributed by atoms with E-state index in [1.165, 1.54) is 11.3 Å². The summed E-state index contributed by atoms with van der Waals surface area (Å²) in [6.07, 6.45) is 1.68. The van der Waals surface area contributed by atoms with Crippen LogP contribution in [0.2, 0.25) is 0 Å². The van der Waals surface area contributed by atoms with E-state index in [1.54, 1.807) is 6.08 Å². The van der Waals surface area contributed by atoms with Crippen molar-refractivity contribution in [1.29, 1.82) is 0 Å². The largest absolute Gasteiger partial charge is 0.381 e. The Morgan fingerprint density at radius 1 is 1.50 bits per heavy atom. The summed E-state index contributed by atoms with van der Waals surface area (Å²) < 4.78 is 0. The average molecular weight is 209 g/mol. The molecule has 14 heavy (non-hydrogen) atoms. The van der Waals surface area contributed by atoms with Gasteiger partial charge in [0.2, 0.25) is 0 Å². The number of hydrogen-bond acceptors (Lipinski definition) is 3.